The molecule has 0 unspecified atom stereocenters. The first kappa shape index (κ1) is 17.5. The summed E-state index contributed by atoms with van der Waals surface area (Å²) >= 11 is 1.27. The molecule has 0 saturated heterocycles. The quantitative estimate of drug-likeness (QED) is 0.675. The van der Waals surface area contributed by atoms with Crippen molar-refractivity contribution >= 4 is 28.3 Å². The van der Waals surface area contributed by atoms with E-state index in [0.717, 1.165) is 4.88 Å². The van der Waals surface area contributed by atoms with Crippen LogP contribution in [-0.4, -0.2) is 36.4 Å². The lowest BCUT2D eigenvalue weighted by Crippen LogP contribution is -2.30. The largest absolute Gasteiger partial charge is 0.478 e. The number of nitrogens with one attached hydrogen (secondary N) is 2. The fraction of sp³-hybridized carbons (Fsp3) is 0.571. The molecular weight excluding hydrogens is 292 g/mol. The van der Waals surface area contributed by atoms with Gasteiger partial charge in [-0.1, -0.05) is 0 Å². The number of aryl methyl sites for hydroxylation is 1. The van der Waals surface area contributed by atoms with E-state index in [1.807, 2.05) is 20.8 Å². The van der Waals surface area contributed by atoms with Crippen molar-refractivity contribution in [3.8, 4) is 0 Å². The second-order valence-electron chi connectivity index (χ2n) is 4.95. The SMILES string of the molecule is Cc1sc(NC(=O)NCCCOC(C)C)c(C(=O)O)c1C. The molecule has 0 aliphatic heterocycles. The van der Waals surface area contributed by atoms with Crippen LogP contribution in [0.15, 0.2) is 0 Å². The number of carboxylic acids is 1. The number of anilines is 1. The lowest BCUT2D eigenvalue weighted by molar-refractivity contribution is 0.0697. The first-order chi connectivity index (χ1) is 9.82. The van der Waals surface area contributed by atoms with Crippen LogP contribution in [0.1, 0.15) is 41.1 Å². The lowest BCUT2D eigenvalue weighted by Gasteiger charge is -2.09. The van der Waals surface area contributed by atoms with E-state index in [9.17, 15) is 14.7 Å². The number of ether oxygens (including phenoxy) is 1. The molecule has 6 nitrogen and oxygen atoms in total. The minimum absolute atomic E-state index is 0.163. The predicted octanol–water partition coefficient (Wildman–Crippen LogP) is 3.00. The molecule has 2 amide bonds. The standard InChI is InChI=1S/C14H22N2O4S/c1-8(2)20-7-5-6-15-14(19)16-12-11(13(17)18)9(3)10(4)21-12/h8H,5-7H2,1-4H3,(H,17,18)(H2,15,16,19). The third-order valence-corrected chi connectivity index (χ3v) is 4.01. The molecule has 0 saturated carbocycles. The van der Waals surface area contributed by atoms with Crippen molar-refractivity contribution in [2.24, 2.45) is 0 Å². The molecule has 0 aliphatic rings. The second-order valence-corrected chi connectivity index (χ2v) is 6.17. The van der Waals surface area contributed by atoms with Crippen molar-refractivity contribution in [1.29, 1.82) is 0 Å². The Morgan fingerprint density at radius 2 is 2.00 bits per heavy atom. The molecule has 1 heterocycles. The number of aromatic carboxylic acids is 1. The van der Waals surface area contributed by atoms with Crippen LogP contribution in [0.5, 0.6) is 0 Å². The summed E-state index contributed by atoms with van der Waals surface area (Å²) in [5, 5.41) is 14.8. The van der Waals surface area contributed by atoms with Crippen molar-refractivity contribution < 1.29 is 19.4 Å². The molecular formula is C14H22N2O4S. The molecule has 0 aliphatic carbocycles. The van der Waals surface area contributed by atoms with Gasteiger partial charge >= 0.3 is 12.0 Å². The third kappa shape index (κ3) is 5.35. The molecule has 1 rings (SSSR count). The molecule has 7 heteroatoms. The van der Waals surface area contributed by atoms with Gasteiger partial charge in [-0.2, -0.15) is 0 Å². The Morgan fingerprint density at radius 1 is 1.33 bits per heavy atom. The molecule has 0 aromatic carbocycles. The minimum atomic E-state index is -1.03. The van der Waals surface area contributed by atoms with E-state index >= 15 is 0 Å². The van der Waals surface area contributed by atoms with E-state index in [0.29, 0.717) is 30.1 Å². The zero-order chi connectivity index (χ0) is 16.0. The molecule has 0 bridgehead atoms. The highest BCUT2D eigenvalue weighted by atomic mass is 32.1. The number of hydrogen-bond acceptors (Lipinski definition) is 4. The predicted molar refractivity (Wildman–Crippen MR) is 83.5 cm³/mol. The molecule has 0 atom stereocenters. The molecule has 0 radical (unpaired) electrons. The number of carbonyl (C=O) groups excluding carboxylic acids is 1. The van der Waals surface area contributed by atoms with Gasteiger partial charge in [0.1, 0.15) is 5.00 Å². The van der Waals surface area contributed by atoms with Crippen molar-refractivity contribution in [3.05, 3.63) is 16.0 Å². The zero-order valence-electron chi connectivity index (χ0n) is 12.8. The normalized spacial score (nSPS) is 10.7. The minimum Gasteiger partial charge on any atom is -0.478 e. The molecule has 118 valence electrons. The van der Waals surface area contributed by atoms with Crippen LogP contribution in [-0.2, 0) is 4.74 Å². The summed E-state index contributed by atoms with van der Waals surface area (Å²) in [4.78, 5) is 23.9. The number of thiophene rings is 1. The maximum absolute atomic E-state index is 11.8. The summed E-state index contributed by atoms with van der Waals surface area (Å²) in [5.74, 6) is -1.03. The Hall–Kier alpha value is -1.60. The van der Waals surface area contributed by atoms with Gasteiger partial charge in [0.25, 0.3) is 0 Å². The Balaban J connectivity index is 2.48. The summed E-state index contributed by atoms with van der Waals surface area (Å²) in [6, 6.07) is -0.400. The summed E-state index contributed by atoms with van der Waals surface area (Å²) in [7, 11) is 0. The number of rotatable bonds is 7. The van der Waals surface area contributed by atoms with Crippen LogP contribution in [0.4, 0.5) is 9.80 Å². The summed E-state index contributed by atoms with van der Waals surface area (Å²) in [6.45, 7) is 8.53. The highest BCUT2D eigenvalue weighted by molar-refractivity contribution is 7.16. The van der Waals surface area contributed by atoms with E-state index in [1.54, 1.807) is 6.92 Å². The van der Waals surface area contributed by atoms with Gasteiger partial charge in [0.05, 0.1) is 11.7 Å². The van der Waals surface area contributed by atoms with Gasteiger partial charge < -0.3 is 15.2 Å². The smallest absolute Gasteiger partial charge is 0.338 e. The number of amides is 2. The molecule has 1 aromatic heterocycles. The monoisotopic (exact) mass is 314 g/mol. The third-order valence-electron chi connectivity index (χ3n) is 2.88. The van der Waals surface area contributed by atoms with Crippen molar-refractivity contribution in [1.82, 2.24) is 5.32 Å². The first-order valence-corrected chi connectivity index (χ1v) is 7.64. The number of hydrogen-bond donors (Lipinski definition) is 3. The van der Waals surface area contributed by atoms with Crippen LogP contribution < -0.4 is 10.6 Å². The van der Waals surface area contributed by atoms with Crippen LogP contribution in [0.3, 0.4) is 0 Å². The van der Waals surface area contributed by atoms with Gasteiger partial charge in [0.15, 0.2) is 0 Å². The van der Waals surface area contributed by atoms with Crippen LogP contribution in [0.25, 0.3) is 0 Å². The first-order valence-electron chi connectivity index (χ1n) is 6.82. The van der Waals surface area contributed by atoms with E-state index in [4.69, 9.17) is 4.74 Å². The van der Waals surface area contributed by atoms with Gasteiger partial charge in [-0.05, 0) is 39.7 Å². The Morgan fingerprint density at radius 3 is 2.57 bits per heavy atom. The Labute approximate surface area is 128 Å². The average Bonchev–Trinajstić information content (AvgIpc) is 2.63. The van der Waals surface area contributed by atoms with Gasteiger partial charge in [-0.15, -0.1) is 11.3 Å². The van der Waals surface area contributed by atoms with Crippen LogP contribution >= 0.6 is 11.3 Å². The molecule has 3 N–H and O–H groups in total. The van der Waals surface area contributed by atoms with Crippen molar-refractivity contribution in [2.45, 2.75) is 40.2 Å². The maximum Gasteiger partial charge on any atom is 0.338 e. The fourth-order valence-electron chi connectivity index (χ4n) is 1.71. The summed E-state index contributed by atoms with van der Waals surface area (Å²) in [6.07, 6.45) is 0.883. The van der Waals surface area contributed by atoms with Crippen molar-refractivity contribution in [2.75, 3.05) is 18.5 Å². The molecule has 21 heavy (non-hydrogen) atoms. The van der Waals surface area contributed by atoms with E-state index in [2.05, 4.69) is 10.6 Å². The highest BCUT2D eigenvalue weighted by Crippen LogP contribution is 2.32. The van der Waals surface area contributed by atoms with Gasteiger partial charge in [0.2, 0.25) is 0 Å². The van der Waals surface area contributed by atoms with Gasteiger partial charge in [-0.25, -0.2) is 9.59 Å². The summed E-state index contributed by atoms with van der Waals surface area (Å²) < 4.78 is 5.36. The number of carboxylic acid groups (broad SMARTS) is 1. The number of carbonyl (C=O) groups is 2. The lowest BCUT2D eigenvalue weighted by atomic mass is 10.1. The second kappa shape index (κ2) is 7.99. The topological polar surface area (TPSA) is 87.7 Å². The Kier molecular flexibility index (Phi) is 6.64. The molecule has 1 aromatic rings. The van der Waals surface area contributed by atoms with E-state index in [1.165, 1.54) is 11.3 Å². The Bertz CT molecular complexity index is 511. The van der Waals surface area contributed by atoms with Gasteiger partial charge in [-0.3, -0.25) is 5.32 Å². The highest BCUT2D eigenvalue weighted by Gasteiger charge is 2.20. The van der Waals surface area contributed by atoms with Crippen LogP contribution in [0.2, 0.25) is 0 Å². The fourth-order valence-corrected chi connectivity index (χ4v) is 2.76. The average molecular weight is 314 g/mol. The van der Waals surface area contributed by atoms with Crippen LogP contribution in [0, 0.1) is 13.8 Å². The van der Waals surface area contributed by atoms with Gasteiger partial charge in [0, 0.05) is 18.0 Å². The van der Waals surface area contributed by atoms with Crippen molar-refractivity contribution in [3.63, 3.8) is 0 Å². The van der Waals surface area contributed by atoms with E-state index in [-0.39, 0.29) is 11.7 Å². The summed E-state index contributed by atoms with van der Waals surface area (Å²) in [5.41, 5.74) is 0.851. The van der Waals surface area contributed by atoms with E-state index < -0.39 is 12.0 Å². The maximum atomic E-state index is 11.8. The number of urea groups is 1. The molecule has 0 spiro atoms. The zero-order valence-corrected chi connectivity index (χ0v) is 13.6. The molecule has 0 fully saturated rings.